The van der Waals surface area contributed by atoms with Crippen LogP contribution in [0.5, 0.6) is 5.75 Å². The van der Waals surface area contributed by atoms with Crippen molar-refractivity contribution < 1.29 is 9.53 Å². The molecule has 2 heterocycles. The van der Waals surface area contributed by atoms with Gasteiger partial charge in [-0.1, -0.05) is 42.5 Å². The number of methoxy groups -OCH3 is 1. The average molecular weight is 474 g/mol. The molecule has 5 rings (SSSR count). The molecule has 0 bridgehead atoms. The van der Waals surface area contributed by atoms with Crippen molar-refractivity contribution in [3.8, 4) is 11.7 Å². The number of rotatable bonds is 6. The second-order valence-electron chi connectivity index (χ2n) is 7.47. The van der Waals surface area contributed by atoms with Gasteiger partial charge in [0.05, 0.1) is 25.4 Å². The van der Waals surface area contributed by atoms with E-state index in [1.807, 2.05) is 42.5 Å². The van der Waals surface area contributed by atoms with Gasteiger partial charge in [0.1, 0.15) is 5.69 Å². The maximum atomic E-state index is 13.4. The summed E-state index contributed by atoms with van der Waals surface area (Å²) in [6.07, 6.45) is 4.49. The van der Waals surface area contributed by atoms with Gasteiger partial charge in [0, 0.05) is 18.1 Å². The number of ether oxygens (including phenoxy) is 1. The van der Waals surface area contributed by atoms with Crippen LogP contribution in [0, 0.1) is 6.57 Å². The van der Waals surface area contributed by atoms with Crippen LogP contribution >= 0.6 is 0 Å². The van der Waals surface area contributed by atoms with E-state index in [4.69, 9.17) is 11.3 Å². The number of para-hydroxylation sites is 1. The third-order valence-electron chi connectivity index (χ3n) is 5.28. The van der Waals surface area contributed by atoms with Crippen molar-refractivity contribution in [2.24, 2.45) is 10.2 Å². The highest BCUT2D eigenvalue weighted by atomic mass is 16.5. The Morgan fingerprint density at radius 3 is 2.53 bits per heavy atom. The minimum absolute atomic E-state index is 0.154. The van der Waals surface area contributed by atoms with Gasteiger partial charge in [0.15, 0.2) is 11.6 Å². The molecule has 36 heavy (non-hydrogen) atoms. The lowest BCUT2D eigenvalue weighted by Gasteiger charge is -2.14. The maximum Gasteiger partial charge on any atom is 0.260 e. The molecule has 0 aliphatic carbocycles. The molecule has 0 saturated carbocycles. The van der Waals surface area contributed by atoms with Gasteiger partial charge in [-0.25, -0.2) is 14.8 Å². The Morgan fingerprint density at radius 1 is 1.03 bits per heavy atom. The van der Waals surface area contributed by atoms with Crippen molar-refractivity contribution in [3.05, 3.63) is 102 Å². The zero-order valence-electron chi connectivity index (χ0n) is 19.0. The van der Waals surface area contributed by atoms with Gasteiger partial charge in [0.2, 0.25) is 0 Å². The van der Waals surface area contributed by atoms with Gasteiger partial charge in [-0.2, -0.15) is 9.78 Å². The van der Waals surface area contributed by atoms with Crippen LogP contribution in [-0.4, -0.2) is 32.8 Å². The Labute approximate surface area is 205 Å². The quantitative estimate of drug-likeness (QED) is 0.238. The molecule has 10 nitrogen and oxygen atoms in total. The minimum atomic E-state index is -0.351. The number of hydrogen-bond acceptors (Lipinski definition) is 7. The maximum absolute atomic E-state index is 13.4. The third-order valence-corrected chi connectivity index (χ3v) is 5.28. The van der Waals surface area contributed by atoms with Gasteiger partial charge < -0.3 is 10.1 Å². The molecule has 174 valence electrons. The Balaban J connectivity index is 1.63. The second-order valence-corrected chi connectivity index (χ2v) is 7.47. The Hall–Kier alpha value is -5.43. The molecule has 0 fully saturated rings. The highest BCUT2D eigenvalue weighted by Gasteiger charge is 2.21. The molecule has 1 amide bonds. The predicted octanol–water partition coefficient (Wildman–Crippen LogP) is 6.04. The molecule has 0 spiro atoms. The molecular weight excluding hydrogens is 456 g/mol. The predicted molar refractivity (Wildman–Crippen MR) is 134 cm³/mol. The Morgan fingerprint density at radius 2 is 1.78 bits per heavy atom. The number of carbonyl (C=O) groups excluding carboxylic acids is 1. The van der Waals surface area contributed by atoms with Gasteiger partial charge in [-0.15, -0.1) is 10.2 Å². The second kappa shape index (κ2) is 9.82. The van der Waals surface area contributed by atoms with E-state index >= 15 is 0 Å². The van der Waals surface area contributed by atoms with Gasteiger partial charge in [-0.3, -0.25) is 4.79 Å². The number of hydrogen-bond donors (Lipinski definition) is 1. The van der Waals surface area contributed by atoms with E-state index in [-0.39, 0.29) is 29.1 Å². The van der Waals surface area contributed by atoms with Crippen LogP contribution in [0.25, 0.3) is 21.6 Å². The molecule has 5 aromatic rings. The topological polar surface area (TPSA) is 111 Å². The third kappa shape index (κ3) is 4.24. The van der Waals surface area contributed by atoms with Crippen molar-refractivity contribution >= 4 is 39.6 Å². The summed E-state index contributed by atoms with van der Waals surface area (Å²) in [5.41, 5.74) is 1.45. The first-order valence-corrected chi connectivity index (χ1v) is 10.8. The van der Waals surface area contributed by atoms with Crippen LogP contribution in [0.4, 0.5) is 22.9 Å². The van der Waals surface area contributed by atoms with Crippen molar-refractivity contribution in [2.45, 2.75) is 0 Å². The van der Waals surface area contributed by atoms with Gasteiger partial charge in [-0.05, 0) is 35.0 Å². The van der Waals surface area contributed by atoms with Crippen molar-refractivity contribution in [2.75, 3.05) is 12.4 Å². The number of aromatic nitrogens is 4. The van der Waals surface area contributed by atoms with E-state index < -0.39 is 0 Å². The van der Waals surface area contributed by atoms with Crippen molar-refractivity contribution in [3.63, 3.8) is 0 Å². The van der Waals surface area contributed by atoms with E-state index in [9.17, 15) is 4.79 Å². The van der Waals surface area contributed by atoms with Crippen LogP contribution in [0.3, 0.4) is 0 Å². The van der Waals surface area contributed by atoms with Crippen LogP contribution in [0.15, 0.2) is 95.5 Å². The number of anilines is 1. The van der Waals surface area contributed by atoms with E-state index in [0.29, 0.717) is 22.3 Å². The fraction of sp³-hybridized carbons (Fsp3) is 0.0385. The summed E-state index contributed by atoms with van der Waals surface area (Å²) in [5, 5.41) is 17.2. The summed E-state index contributed by atoms with van der Waals surface area (Å²) in [4.78, 5) is 25.2. The normalized spacial score (nSPS) is 10.9. The number of benzene rings is 3. The summed E-state index contributed by atoms with van der Waals surface area (Å²) in [5.74, 6) is 0.296. The fourth-order valence-corrected chi connectivity index (χ4v) is 3.69. The number of carbonyl (C=O) groups is 1. The van der Waals surface area contributed by atoms with Crippen LogP contribution in [-0.2, 0) is 0 Å². The van der Waals surface area contributed by atoms with Crippen molar-refractivity contribution in [1.29, 1.82) is 0 Å². The molecule has 1 N–H and O–H groups in total. The molecule has 0 radical (unpaired) electrons. The first kappa shape index (κ1) is 22.4. The first-order valence-electron chi connectivity index (χ1n) is 10.8. The van der Waals surface area contributed by atoms with E-state index in [2.05, 4.69) is 35.5 Å². The smallest absolute Gasteiger partial charge is 0.260 e. The largest absolute Gasteiger partial charge is 0.494 e. The summed E-state index contributed by atoms with van der Waals surface area (Å²) in [7, 11) is 1.47. The molecule has 0 aliphatic heterocycles. The fourth-order valence-electron chi connectivity index (χ4n) is 3.69. The lowest BCUT2D eigenvalue weighted by atomic mass is 10.0. The number of nitrogens with zero attached hydrogens (tertiary/aromatic N) is 7. The van der Waals surface area contributed by atoms with Crippen LogP contribution < -0.4 is 10.1 Å². The average Bonchev–Trinajstić information content (AvgIpc) is 3.34. The van der Waals surface area contributed by atoms with E-state index in [0.717, 1.165) is 5.39 Å². The lowest BCUT2D eigenvalue weighted by Crippen LogP contribution is -2.14. The number of nitrogens with one attached hydrogen (secondary N) is 1. The van der Waals surface area contributed by atoms with Crippen LogP contribution in [0.2, 0.25) is 0 Å². The number of azo groups is 1. The van der Waals surface area contributed by atoms with Crippen LogP contribution in [0.1, 0.15) is 10.4 Å². The standard InChI is InChI=1S/C26H18N8O2/c1-27-21-16-30-34(26-28-13-8-14-29-26)24(21)33-32-20-15-17-9-6-7-12-19(17)22(23(20)36-2)25(35)31-18-10-4-3-5-11-18/h3-16H,2H3,(H,31,35). The minimum Gasteiger partial charge on any atom is -0.494 e. The highest BCUT2D eigenvalue weighted by Crippen LogP contribution is 2.40. The molecule has 0 aliphatic rings. The zero-order valence-corrected chi connectivity index (χ0v) is 19.0. The molecule has 10 heteroatoms. The number of fused-ring (bicyclic) bond motifs is 1. The molecule has 0 saturated heterocycles. The summed E-state index contributed by atoms with van der Waals surface area (Å²) in [6.45, 7) is 7.48. The SMILES string of the molecule is [C-]#[N+]c1cnn(-c2ncccn2)c1N=Nc1cc2ccccc2c(C(=O)Nc2ccccc2)c1OC. The summed E-state index contributed by atoms with van der Waals surface area (Å²) < 4.78 is 6.99. The summed E-state index contributed by atoms with van der Waals surface area (Å²) >= 11 is 0. The Bertz CT molecular complexity index is 1620. The van der Waals surface area contributed by atoms with E-state index in [1.165, 1.54) is 18.0 Å². The monoisotopic (exact) mass is 474 g/mol. The molecule has 2 aromatic heterocycles. The highest BCUT2D eigenvalue weighted by molar-refractivity contribution is 6.16. The van der Waals surface area contributed by atoms with E-state index in [1.54, 1.807) is 36.7 Å². The molecular formula is C26H18N8O2. The van der Waals surface area contributed by atoms with Gasteiger partial charge >= 0.3 is 0 Å². The first-order chi connectivity index (χ1) is 17.7. The molecule has 3 aromatic carbocycles. The summed E-state index contributed by atoms with van der Waals surface area (Å²) in [6, 6.07) is 20.0. The van der Waals surface area contributed by atoms with Crippen molar-refractivity contribution in [1.82, 2.24) is 19.7 Å². The molecule has 0 unspecified atom stereocenters. The molecule has 0 atom stereocenters. The Kier molecular flexibility index (Phi) is 6.10. The lowest BCUT2D eigenvalue weighted by molar-refractivity contribution is 0.102. The zero-order chi connectivity index (χ0) is 24.9. The van der Waals surface area contributed by atoms with Gasteiger partial charge in [0.25, 0.3) is 17.5 Å². The number of amides is 1.